The molecular formula is C48H94O6. The summed E-state index contributed by atoms with van der Waals surface area (Å²) in [6.07, 6.45) is 46.0. The smallest absolute Gasteiger partial charge is 0.0814 e. The molecule has 6 heteroatoms. The molecule has 322 valence electrons. The van der Waals surface area contributed by atoms with Gasteiger partial charge in [-0.15, -0.1) is 0 Å². The summed E-state index contributed by atoms with van der Waals surface area (Å²) in [6, 6.07) is 0. The topological polar surface area (TPSA) is 77.4 Å². The Morgan fingerprint density at radius 2 is 0.667 bits per heavy atom. The Labute approximate surface area is 336 Å². The zero-order valence-corrected chi connectivity index (χ0v) is 36.3. The molecule has 2 saturated heterocycles. The fraction of sp³-hybridized carbons (Fsp3) is 1.00. The van der Waals surface area contributed by atoms with Gasteiger partial charge in [0.1, 0.15) is 0 Å². The molecule has 6 atom stereocenters. The van der Waals surface area contributed by atoms with Gasteiger partial charge in [-0.2, -0.15) is 0 Å². The summed E-state index contributed by atoms with van der Waals surface area (Å²) in [5.41, 5.74) is 0. The molecule has 0 aromatic heterocycles. The van der Waals surface area contributed by atoms with Crippen molar-refractivity contribution in [3.63, 3.8) is 0 Å². The van der Waals surface area contributed by atoms with Gasteiger partial charge in [-0.1, -0.05) is 194 Å². The van der Waals surface area contributed by atoms with Crippen molar-refractivity contribution in [2.75, 3.05) is 39.6 Å². The third-order valence-electron chi connectivity index (χ3n) is 12.7. The van der Waals surface area contributed by atoms with E-state index >= 15 is 0 Å². The van der Waals surface area contributed by atoms with Crippen LogP contribution in [0, 0.1) is 11.8 Å². The molecule has 2 aliphatic rings. The minimum absolute atomic E-state index is 0.0234. The van der Waals surface area contributed by atoms with E-state index in [0.29, 0.717) is 13.2 Å². The van der Waals surface area contributed by atoms with Crippen LogP contribution in [0.2, 0.25) is 0 Å². The molecule has 2 unspecified atom stereocenters. The predicted octanol–water partition coefficient (Wildman–Crippen LogP) is 13.1. The number of aliphatic hydroxyl groups is 2. The Hall–Kier alpha value is -0.240. The first-order valence-electron chi connectivity index (χ1n) is 24.4. The Morgan fingerprint density at radius 1 is 0.389 bits per heavy atom. The molecule has 2 fully saturated rings. The lowest BCUT2D eigenvalue weighted by Gasteiger charge is -2.28. The summed E-state index contributed by atoms with van der Waals surface area (Å²) in [5, 5.41) is 18.6. The van der Waals surface area contributed by atoms with Gasteiger partial charge in [0.2, 0.25) is 0 Å². The van der Waals surface area contributed by atoms with Crippen LogP contribution in [0.5, 0.6) is 0 Å². The van der Waals surface area contributed by atoms with Crippen molar-refractivity contribution in [2.45, 2.75) is 257 Å². The van der Waals surface area contributed by atoms with Crippen LogP contribution in [0.15, 0.2) is 0 Å². The third-order valence-corrected chi connectivity index (χ3v) is 12.7. The van der Waals surface area contributed by atoms with Crippen molar-refractivity contribution in [1.82, 2.24) is 0 Å². The maximum Gasteiger partial charge on any atom is 0.0814 e. The molecule has 2 N–H and O–H groups in total. The van der Waals surface area contributed by atoms with E-state index in [1.807, 2.05) is 0 Å². The number of hydrogen-bond donors (Lipinski definition) is 2. The summed E-state index contributed by atoms with van der Waals surface area (Å²) < 4.78 is 23.6. The summed E-state index contributed by atoms with van der Waals surface area (Å²) in [7, 11) is 0. The molecule has 0 amide bonds. The van der Waals surface area contributed by atoms with Crippen LogP contribution in [0.25, 0.3) is 0 Å². The number of unbranched alkanes of at least 4 members (excludes halogenated alkanes) is 22. The molecule has 6 nitrogen and oxygen atoms in total. The van der Waals surface area contributed by atoms with Gasteiger partial charge in [0.15, 0.2) is 0 Å². The Bertz CT molecular complexity index is 765. The number of ether oxygens (including phenoxy) is 4. The van der Waals surface area contributed by atoms with Gasteiger partial charge < -0.3 is 29.2 Å². The lowest BCUT2D eigenvalue weighted by molar-refractivity contribution is -0.0319. The Morgan fingerprint density at radius 3 is 0.981 bits per heavy atom. The molecule has 2 aliphatic heterocycles. The molecular weight excluding hydrogens is 673 g/mol. The van der Waals surface area contributed by atoms with Crippen molar-refractivity contribution in [3.05, 3.63) is 0 Å². The molecule has 0 aliphatic carbocycles. The van der Waals surface area contributed by atoms with Crippen LogP contribution in [-0.2, 0) is 18.9 Å². The second-order valence-electron chi connectivity index (χ2n) is 17.6. The van der Waals surface area contributed by atoms with Gasteiger partial charge in [0, 0.05) is 13.2 Å². The van der Waals surface area contributed by atoms with E-state index in [0.717, 1.165) is 63.6 Å². The van der Waals surface area contributed by atoms with Crippen molar-refractivity contribution >= 4 is 0 Å². The van der Waals surface area contributed by atoms with Crippen molar-refractivity contribution in [2.24, 2.45) is 11.8 Å². The SMILES string of the molecule is CCCCCCCCCCCCC(CCCCCOC[C@@H]1CC[C@@H](CO)O1)C(CCCCCCCCC)CCCCCCCCOC[C@H]1CC[C@@H](CO)O1. The summed E-state index contributed by atoms with van der Waals surface area (Å²) in [6.45, 7) is 7.98. The second-order valence-corrected chi connectivity index (χ2v) is 17.6. The first kappa shape index (κ1) is 49.9. The normalized spacial score (nSPS) is 21.3. The average molecular weight is 767 g/mol. The fourth-order valence-corrected chi connectivity index (χ4v) is 9.10. The van der Waals surface area contributed by atoms with Crippen LogP contribution in [0.1, 0.15) is 232 Å². The highest BCUT2D eigenvalue weighted by molar-refractivity contribution is 4.74. The van der Waals surface area contributed by atoms with Gasteiger partial charge in [-0.3, -0.25) is 0 Å². The zero-order chi connectivity index (χ0) is 38.6. The van der Waals surface area contributed by atoms with Crippen molar-refractivity contribution in [3.8, 4) is 0 Å². The zero-order valence-electron chi connectivity index (χ0n) is 36.3. The minimum atomic E-state index is 0.0234. The third kappa shape index (κ3) is 27.4. The summed E-state index contributed by atoms with van der Waals surface area (Å²) >= 11 is 0. The molecule has 0 saturated carbocycles. The van der Waals surface area contributed by atoms with Crippen LogP contribution in [0.3, 0.4) is 0 Å². The van der Waals surface area contributed by atoms with Gasteiger partial charge in [0.05, 0.1) is 50.8 Å². The quantitative estimate of drug-likeness (QED) is 0.0604. The molecule has 54 heavy (non-hydrogen) atoms. The molecule has 2 heterocycles. The number of rotatable bonds is 41. The molecule has 2 rings (SSSR count). The van der Waals surface area contributed by atoms with E-state index in [2.05, 4.69) is 13.8 Å². The van der Waals surface area contributed by atoms with E-state index in [1.54, 1.807) is 0 Å². The minimum Gasteiger partial charge on any atom is -0.394 e. The van der Waals surface area contributed by atoms with Crippen LogP contribution < -0.4 is 0 Å². The largest absolute Gasteiger partial charge is 0.394 e. The van der Waals surface area contributed by atoms with E-state index in [-0.39, 0.29) is 37.6 Å². The van der Waals surface area contributed by atoms with E-state index in [4.69, 9.17) is 18.9 Å². The molecule has 0 bridgehead atoms. The summed E-state index contributed by atoms with van der Waals surface area (Å²) in [4.78, 5) is 0. The molecule has 0 aromatic carbocycles. The Balaban J connectivity index is 1.74. The van der Waals surface area contributed by atoms with Crippen LogP contribution in [0.4, 0.5) is 0 Å². The summed E-state index contributed by atoms with van der Waals surface area (Å²) in [5.74, 6) is 1.81. The van der Waals surface area contributed by atoms with Crippen LogP contribution >= 0.6 is 0 Å². The predicted molar refractivity (Wildman–Crippen MR) is 228 cm³/mol. The molecule has 0 radical (unpaired) electrons. The molecule has 0 aromatic rings. The van der Waals surface area contributed by atoms with E-state index in [9.17, 15) is 10.2 Å². The fourth-order valence-electron chi connectivity index (χ4n) is 9.10. The standard InChI is InChI=1S/C48H94O6/c1-3-5-7-9-11-12-13-15-19-24-31-44(32-26-22-28-38-52-42-48-36-34-46(40-50)54-48)43(29-23-18-14-10-8-6-4-2)30-25-20-16-17-21-27-37-51-41-47-35-33-45(39-49)53-47/h43-50H,3-42H2,1-2H3/t43?,44?,45-,46-,47+,48-/m0/s1. The maximum absolute atomic E-state index is 9.35. The van der Waals surface area contributed by atoms with Gasteiger partial charge in [0.25, 0.3) is 0 Å². The monoisotopic (exact) mass is 767 g/mol. The van der Waals surface area contributed by atoms with E-state index < -0.39 is 0 Å². The first-order valence-corrected chi connectivity index (χ1v) is 24.4. The van der Waals surface area contributed by atoms with Gasteiger partial charge >= 0.3 is 0 Å². The van der Waals surface area contributed by atoms with Gasteiger partial charge in [-0.05, 0) is 50.4 Å². The first-order chi connectivity index (χ1) is 26.7. The lowest BCUT2D eigenvalue weighted by Crippen LogP contribution is -2.19. The number of hydrogen-bond acceptors (Lipinski definition) is 6. The lowest BCUT2D eigenvalue weighted by atomic mass is 9.78. The van der Waals surface area contributed by atoms with Gasteiger partial charge in [-0.25, -0.2) is 0 Å². The van der Waals surface area contributed by atoms with Crippen LogP contribution in [-0.4, -0.2) is 74.3 Å². The highest BCUT2D eigenvalue weighted by Crippen LogP contribution is 2.34. The maximum atomic E-state index is 9.35. The van der Waals surface area contributed by atoms with Crippen molar-refractivity contribution < 1.29 is 29.2 Å². The Kier molecular flexibility index (Phi) is 34.2. The van der Waals surface area contributed by atoms with E-state index in [1.165, 1.54) is 180 Å². The average Bonchev–Trinajstić information content (AvgIpc) is 3.86. The highest BCUT2D eigenvalue weighted by atomic mass is 16.6. The van der Waals surface area contributed by atoms with Crippen molar-refractivity contribution in [1.29, 1.82) is 0 Å². The molecule has 0 spiro atoms. The highest BCUT2D eigenvalue weighted by Gasteiger charge is 2.25. The number of aliphatic hydroxyl groups excluding tert-OH is 2. The second kappa shape index (κ2) is 37.1.